The van der Waals surface area contributed by atoms with Crippen molar-refractivity contribution >= 4 is 34.1 Å². The van der Waals surface area contributed by atoms with Gasteiger partial charge < -0.3 is 10.6 Å². The zero-order chi connectivity index (χ0) is 28.7. The first-order valence-corrected chi connectivity index (χ1v) is 13.8. The second-order valence-electron chi connectivity index (χ2n) is 9.99. The topological polar surface area (TPSA) is 84.0 Å². The lowest BCUT2D eigenvalue weighted by Crippen LogP contribution is -2.14. The van der Waals surface area contributed by atoms with E-state index in [0.717, 1.165) is 44.5 Å². The largest absolute Gasteiger partial charge is 0.326 e. The third kappa shape index (κ3) is 6.40. The van der Waals surface area contributed by atoms with E-state index in [1.807, 2.05) is 133 Å². The summed E-state index contributed by atoms with van der Waals surface area (Å²) < 4.78 is 0. The molecule has 2 amide bonds. The zero-order valence-electron chi connectivity index (χ0n) is 22.8. The van der Waals surface area contributed by atoms with Crippen molar-refractivity contribution in [3.05, 3.63) is 145 Å². The van der Waals surface area contributed by atoms with Gasteiger partial charge in [0, 0.05) is 27.9 Å². The van der Waals surface area contributed by atoms with Crippen LogP contribution in [0.4, 0.5) is 11.4 Å². The quantitative estimate of drug-likeness (QED) is 0.209. The molecule has 0 atom stereocenters. The van der Waals surface area contributed by atoms with Gasteiger partial charge in [-0.2, -0.15) is 0 Å². The molecule has 0 aliphatic rings. The second kappa shape index (κ2) is 12.3. The van der Waals surface area contributed by atoms with Crippen LogP contribution in [0, 0.1) is 0 Å². The Morgan fingerprint density at radius 2 is 0.976 bits per heavy atom. The van der Waals surface area contributed by atoms with E-state index in [4.69, 9.17) is 9.97 Å². The predicted octanol–water partition coefficient (Wildman–Crippen LogP) is 7.33. The van der Waals surface area contributed by atoms with Crippen molar-refractivity contribution in [2.75, 3.05) is 10.6 Å². The molecule has 5 aromatic carbocycles. The highest BCUT2D eigenvalue weighted by Crippen LogP contribution is 2.30. The molecule has 6 aromatic rings. The molecule has 0 spiro atoms. The maximum Gasteiger partial charge on any atom is 0.228 e. The third-order valence-corrected chi connectivity index (χ3v) is 6.89. The SMILES string of the molecule is O=C(Cc1ccccc1)Nc1ccc(-c2nc(-c3ccc(NC(=O)Cc4ccccc4)cc3)c3ccccc3n2)cc1. The molecule has 2 N–H and O–H groups in total. The number of para-hydroxylation sites is 1. The summed E-state index contributed by atoms with van der Waals surface area (Å²) in [4.78, 5) is 34.8. The molecule has 42 heavy (non-hydrogen) atoms. The molecule has 0 bridgehead atoms. The number of rotatable bonds is 8. The maximum atomic E-state index is 12.5. The minimum Gasteiger partial charge on any atom is -0.326 e. The average molecular weight is 549 g/mol. The number of amides is 2. The summed E-state index contributed by atoms with van der Waals surface area (Å²) in [6, 6.07) is 42.5. The van der Waals surface area contributed by atoms with E-state index in [-0.39, 0.29) is 11.8 Å². The zero-order valence-corrected chi connectivity index (χ0v) is 22.8. The Balaban J connectivity index is 1.21. The van der Waals surface area contributed by atoms with Crippen molar-refractivity contribution < 1.29 is 9.59 Å². The summed E-state index contributed by atoms with van der Waals surface area (Å²) in [5.41, 5.74) is 6.76. The van der Waals surface area contributed by atoms with Gasteiger partial charge in [-0.1, -0.05) is 91.0 Å². The summed E-state index contributed by atoms with van der Waals surface area (Å²) in [6.07, 6.45) is 0.632. The van der Waals surface area contributed by atoms with Crippen LogP contribution >= 0.6 is 0 Å². The Hall–Kier alpha value is -5.62. The Labute approximate surface area is 244 Å². The molecule has 6 nitrogen and oxygen atoms in total. The third-order valence-electron chi connectivity index (χ3n) is 6.89. The van der Waals surface area contributed by atoms with E-state index >= 15 is 0 Å². The van der Waals surface area contributed by atoms with Gasteiger partial charge in [0.25, 0.3) is 0 Å². The minimum absolute atomic E-state index is 0.0663. The van der Waals surface area contributed by atoms with Gasteiger partial charge in [-0.15, -0.1) is 0 Å². The van der Waals surface area contributed by atoms with Crippen LogP contribution in [0.2, 0.25) is 0 Å². The Morgan fingerprint density at radius 3 is 1.52 bits per heavy atom. The Bertz CT molecular complexity index is 1840. The van der Waals surface area contributed by atoms with Crippen LogP contribution in [-0.4, -0.2) is 21.8 Å². The molecule has 6 heteroatoms. The number of carbonyl (C=O) groups is 2. The highest BCUT2D eigenvalue weighted by atomic mass is 16.2. The number of fused-ring (bicyclic) bond motifs is 1. The number of anilines is 2. The molecule has 0 fully saturated rings. The molecule has 1 heterocycles. The summed E-state index contributed by atoms with van der Waals surface area (Å²) in [7, 11) is 0. The van der Waals surface area contributed by atoms with Crippen LogP contribution in [0.3, 0.4) is 0 Å². The lowest BCUT2D eigenvalue weighted by atomic mass is 10.0. The van der Waals surface area contributed by atoms with E-state index in [0.29, 0.717) is 24.4 Å². The number of hydrogen-bond donors (Lipinski definition) is 2. The van der Waals surface area contributed by atoms with Crippen molar-refractivity contribution in [1.82, 2.24) is 9.97 Å². The van der Waals surface area contributed by atoms with Gasteiger partial charge in [0.05, 0.1) is 24.1 Å². The van der Waals surface area contributed by atoms with Crippen LogP contribution in [-0.2, 0) is 22.4 Å². The fourth-order valence-corrected chi connectivity index (χ4v) is 4.81. The average Bonchev–Trinajstić information content (AvgIpc) is 3.02. The minimum atomic E-state index is -0.0714. The highest BCUT2D eigenvalue weighted by Gasteiger charge is 2.13. The normalized spacial score (nSPS) is 10.8. The van der Waals surface area contributed by atoms with Crippen molar-refractivity contribution in [3.63, 3.8) is 0 Å². The summed E-state index contributed by atoms with van der Waals surface area (Å²) in [6.45, 7) is 0. The van der Waals surface area contributed by atoms with E-state index < -0.39 is 0 Å². The van der Waals surface area contributed by atoms with Gasteiger partial charge in [-0.3, -0.25) is 9.59 Å². The first kappa shape index (κ1) is 26.6. The van der Waals surface area contributed by atoms with Crippen molar-refractivity contribution in [1.29, 1.82) is 0 Å². The van der Waals surface area contributed by atoms with Crippen LogP contribution < -0.4 is 10.6 Å². The maximum absolute atomic E-state index is 12.5. The number of hydrogen-bond acceptors (Lipinski definition) is 4. The molecule has 0 aliphatic carbocycles. The fraction of sp³-hybridized carbons (Fsp3) is 0.0556. The first-order valence-electron chi connectivity index (χ1n) is 13.8. The number of carbonyl (C=O) groups excluding carboxylic acids is 2. The second-order valence-corrected chi connectivity index (χ2v) is 9.99. The molecule has 0 saturated heterocycles. The molecule has 0 radical (unpaired) electrons. The van der Waals surface area contributed by atoms with E-state index in [1.54, 1.807) is 0 Å². The van der Waals surface area contributed by atoms with E-state index in [1.165, 1.54) is 0 Å². The van der Waals surface area contributed by atoms with Gasteiger partial charge in [0.2, 0.25) is 11.8 Å². The van der Waals surface area contributed by atoms with Gasteiger partial charge in [-0.25, -0.2) is 9.97 Å². The van der Waals surface area contributed by atoms with Gasteiger partial charge in [0.1, 0.15) is 0 Å². The van der Waals surface area contributed by atoms with Gasteiger partial charge >= 0.3 is 0 Å². The standard InChI is InChI=1S/C36H28N4O2/c41-33(23-25-9-3-1-4-10-25)37-29-19-15-27(16-20-29)35-31-13-7-8-14-32(31)39-36(40-35)28-17-21-30(22-18-28)38-34(42)24-26-11-5-2-6-12-26/h1-22H,23-24H2,(H,37,41)(H,38,42). The van der Waals surface area contributed by atoms with Crippen molar-refractivity contribution in [3.8, 4) is 22.6 Å². The number of nitrogens with zero attached hydrogens (tertiary/aromatic N) is 2. The van der Waals surface area contributed by atoms with Crippen LogP contribution in [0.15, 0.2) is 133 Å². The molecule has 0 unspecified atom stereocenters. The number of benzene rings is 5. The lowest BCUT2D eigenvalue weighted by Gasteiger charge is -2.11. The lowest BCUT2D eigenvalue weighted by molar-refractivity contribution is -0.116. The van der Waals surface area contributed by atoms with E-state index in [2.05, 4.69) is 10.6 Å². The summed E-state index contributed by atoms with van der Waals surface area (Å²) in [5.74, 6) is 0.451. The molecule has 6 rings (SSSR count). The van der Waals surface area contributed by atoms with Crippen molar-refractivity contribution in [2.45, 2.75) is 12.8 Å². The smallest absolute Gasteiger partial charge is 0.228 e. The summed E-state index contributed by atoms with van der Waals surface area (Å²) in [5, 5.41) is 6.87. The molecular weight excluding hydrogens is 520 g/mol. The fourth-order valence-electron chi connectivity index (χ4n) is 4.81. The first-order chi connectivity index (χ1) is 20.6. The van der Waals surface area contributed by atoms with Crippen molar-refractivity contribution in [2.24, 2.45) is 0 Å². The molecule has 0 aliphatic heterocycles. The van der Waals surface area contributed by atoms with E-state index in [9.17, 15) is 9.59 Å². The Morgan fingerprint density at radius 1 is 0.500 bits per heavy atom. The Kier molecular flexibility index (Phi) is 7.77. The van der Waals surface area contributed by atoms with Crippen LogP contribution in [0.5, 0.6) is 0 Å². The predicted molar refractivity (Wildman–Crippen MR) is 168 cm³/mol. The van der Waals surface area contributed by atoms with Gasteiger partial charge in [0.15, 0.2) is 5.82 Å². The van der Waals surface area contributed by atoms with Gasteiger partial charge in [-0.05, 0) is 53.6 Å². The molecule has 204 valence electrons. The van der Waals surface area contributed by atoms with Crippen LogP contribution in [0.1, 0.15) is 11.1 Å². The molecule has 1 aromatic heterocycles. The monoisotopic (exact) mass is 548 g/mol. The molecule has 0 saturated carbocycles. The number of aromatic nitrogens is 2. The van der Waals surface area contributed by atoms with Crippen LogP contribution in [0.25, 0.3) is 33.5 Å². The summed E-state index contributed by atoms with van der Waals surface area (Å²) >= 11 is 0. The molecular formula is C36H28N4O2. The number of nitrogens with one attached hydrogen (secondary N) is 2. The highest BCUT2D eigenvalue weighted by molar-refractivity contribution is 5.96.